The van der Waals surface area contributed by atoms with E-state index in [-0.39, 0.29) is 23.0 Å². The van der Waals surface area contributed by atoms with Crippen molar-refractivity contribution in [1.29, 1.82) is 0 Å². The summed E-state index contributed by atoms with van der Waals surface area (Å²) < 4.78 is 26.2. The van der Waals surface area contributed by atoms with Crippen molar-refractivity contribution in [2.24, 2.45) is 0 Å². The van der Waals surface area contributed by atoms with Crippen LogP contribution in [0, 0.1) is 0 Å². The molecule has 1 N–H and O–H groups in total. The Bertz CT molecular complexity index is 588. The largest absolute Gasteiger partial charge is 0.478 e. The predicted molar refractivity (Wildman–Crippen MR) is 70.5 cm³/mol. The van der Waals surface area contributed by atoms with Gasteiger partial charge in [0.25, 0.3) is 0 Å². The van der Waals surface area contributed by atoms with Crippen LogP contribution in [-0.2, 0) is 10.0 Å². The van der Waals surface area contributed by atoms with Crippen molar-refractivity contribution in [1.82, 2.24) is 4.31 Å². The van der Waals surface area contributed by atoms with Crippen LogP contribution in [0.1, 0.15) is 23.2 Å². The highest BCUT2D eigenvalue weighted by Gasteiger charge is 2.37. The fourth-order valence-corrected chi connectivity index (χ4v) is 3.49. The van der Waals surface area contributed by atoms with E-state index in [9.17, 15) is 13.2 Å². The van der Waals surface area contributed by atoms with E-state index in [2.05, 4.69) is 6.58 Å². The molecule has 1 aromatic carbocycles. The highest BCUT2D eigenvalue weighted by Crippen LogP contribution is 2.31. The van der Waals surface area contributed by atoms with E-state index >= 15 is 0 Å². The summed E-state index contributed by atoms with van der Waals surface area (Å²) in [5, 5.41) is 8.80. The van der Waals surface area contributed by atoms with Crippen LogP contribution in [0.25, 0.3) is 0 Å². The standard InChI is InChI=1S/C13H15NO4S/c1-2-9-14(11-5-6-11)19(17,18)12-7-3-10(4-8-12)13(15)16/h2-4,7-8,11H,1,5-6,9H2,(H,15,16). The number of hydrogen-bond acceptors (Lipinski definition) is 3. The van der Waals surface area contributed by atoms with Crippen LogP contribution in [0.4, 0.5) is 0 Å². The molecular formula is C13H15NO4S. The van der Waals surface area contributed by atoms with Gasteiger partial charge in [-0.25, -0.2) is 13.2 Å². The molecular weight excluding hydrogens is 266 g/mol. The molecule has 0 spiro atoms. The van der Waals surface area contributed by atoms with Gasteiger partial charge in [0.15, 0.2) is 0 Å². The Morgan fingerprint density at radius 1 is 1.37 bits per heavy atom. The average molecular weight is 281 g/mol. The van der Waals surface area contributed by atoms with E-state index in [1.54, 1.807) is 6.08 Å². The quantitative estimate of drug-likeness (QED) is 0.806. The molecule has 0 aromatic heterocycles. The molecule has 1 saturated carbocycles. The molecule has 5 nitrogen and oxygen atoms in total. The molecule has 1 aliphatic carbocycles. The Morgan fingerprint density at radius 2 is 1.95 bits per heavy atom. The molecule has 2 rings (SSSR count). The van der Waals surface area contributed by atoms with Crippen LogP contribution in [-0.4, -0.2) is 36.4 Å². The van der Waals surface area contributed by atoms with Crippen molar-refractivity contribution in [2.75, 3.05) is 6.54 Å². The van der Waals surface area contributed by atoms with Crippen LogP contribution in [0.2, 0.25) is 0 Å². The molecule has 0 saturated heterocycles. The first kappa shape index (κ1) is 13.8. The Kier molecular flexibility index (Phi) is 3.73. The Labute approximate surface area is 112 Å². The van der Waals surface area contributed by atoms with Crippen LogP contribution in [0.15, 0.2) is 41.8 Å². The maximum atomic E-state index is 12.4. The Balaban J connectivity index is 2.32. The van der Waals surface area contributed by atoms with Crippen molar-refractivity contribution in [3.8, 4) is 0 Å². The molecule has 0 radical (unpaired) electrons. The molecule has 0 heterocycles. The van der Waals surface area contributed by atoms with Crippen molar-refractivity contribution < 1.29 is 18.3 Å². The molecule has 0 amide bonds. The first-order valence-electron chi connectivity index (χ1n) is 5.93. The lowest BCUT2D eigenvalue weighted by atomic mass is 10.2. The zero-order valence-corrected chi connectivity index (χ0v) is 11.1. The van der Waals surface area contributed by atoms with Crippen molar-refractivity contribution in [3.05, 3.63) is 42.5 Å². The first-order chi connectivity index (χ1) is 8.96. The minimum Gasteiger partial charge on any atom is -0.478 e. The van der Waals surface area contributed by atoms with E-state index in [4.69, 9.17) is 5.11 Å². The summed E-state index contributed by atoms with van der Waals surface area (Å²) in [6.07, 6.45) is 3.28. The average Bonchev–Trinajstić information content (AvgIpc) is 3.20. The lowest BCUT2D eigenvalue weighted by molar-refractivity contribution is 0.0696. The number of carbonyl (C=O) groups is 1. The maximum absolute atomic E-state index is 12.4. The van der Waals surface area contributed by atoms with Gasteiger partial charge in [0.05, 0.1) is 10.5 Å². The second-order valence-corrected chi connectivity index (χ2v) is 6.31. The molecule has 0 unspecified atom stereocenters. The number of aromatic carboxylic acids is 1. The fourth-order valence-electron chi connectivity index (χ4n) is 1.84. The van der Waals surface area contributed by atoms with E-state index in [1.165, 1.54) is 28.6 Å². The predicted octanol–water partition coefficient (Wildman–Crippen LogP) is 1.72. The van der Waals surface area contributed by atoms with Gasteiger partial charge >= 0.3 is 5.97 Å². The van der Waals surface area contributed by atoms with E-state index in [0.717, 1.165) is 12.8 Å². The van der Waals surface area contributed by atoms with Gasteiger partial charge in [0.2, 0.25) is 10.0 Å². The summed E-state index contributed by atoms with van der Waals surface area (Å²) in [6.45, 7) is 3.84. The van der Waals surface area contributed by atoms with Crippen LogP contribution in [0.3, 0.4) is 0 Å². The molecule has 0 aliphatic heterocycles. The van der Waals surface area contributed by atoms with Gasteiger partial charge in [0, 0.05) is 12.6 Å². The molecule has 0 bridgehead atoms. The molecule has 0 atom stereocenters. The molecule has 6 heteroatoms. The van der Waals surface area contributed by atoms with Gasteiger partial charge in [-0.15, -0.1) is 6.58 Å². The normalized spacial score (nSPS) is 15.4. The number of nitrogens with zero attached hydrogens (tertiary/aromatic N) is 1. The van der Waals surface area contributed by atoms with Crippen molar-refractivity contribution >= 4 is 16.0 Å². The summed E-state index contributed by atoms with van der Waals surface area (Å²) in [5.74, 6) is -1.07. The number of sulfonamides is 1. The number of benzene rings is 1. The Morgan fingerprint density at radius 3 is 2.37 bits per heavy atom. The maximum Gasteiger partial charge on any atom is 0.335 e. The molecule has 102 valence electrons. The summed E-state index contributed by atoms with van der Waals surface area (Å²) in [7, 11) is -3.57. The van der Waals surface area contributed by atoms with E-state index in [1.807, 2.05) is 0 Å². The fraction of sp³-hybridized carbons (Fsp3) is 0.308. The second kappa shape index (κ2) is 5.14. The summed E-state index contributed by atoms with van der Waals surface area (Å²) in [5.41, 5.74) is 0.0700. The summed E-state index contributed by atoms with van der Waals surface area (Å²) >= 11 is 0. The van der Waals surface area contributed by atoms with Gasteiger partial charge in [-0.05, 0) is 37.1 Å². The first-order valence-corrected chi connectivity index (χ1v) is 7.37. The molecule has 19 heavy (non-hydrogen) atoms. The van der Waals surface area contributed by atoms with Crippen molar-refractivity contribution in [2.45, 2.75) is 23.8 Å². The van der Waals surface area contributed by atoms with Gasteiger partial charge in [0.1, 0.15) is 0 Å². The monoisotopic (exact) mass is 281 g/mol. The van der Waals surface area contributed by atoms with Crippen molar-refractivity contribution in [3.63, 3.8) is 0 Å². The van der Waals surface area contributed by atoms with Gasteiger partial charge in [-0.2, -0.15) is 4.31 Å². The highest BCUT2D eigenvalue weighted by molar-refractivity contribution is 7.89. The van der Waals surface area contributed by atoms with Crippen LogP contribution < -0.4 is 0 Å². The minimum absolute atomic E-state index is 0.0437. The second-order valence-electron chi connectivity index (χ2n) is 4.42. The number of carboxylic acids is 1. The third kappa shape index (κ3) is 2.85. The lowest BCUT2D eigenvalue weighted by Crippen LogP contribution is -2.33. The van der Waals surface area contributed by atoms with E-state index < -0.39 is 16.0 Å². The topological polar surface area (TPSA) is 74.7 Å². The van der Waals surface area contributed by atoms with Gasteiger partial charge in [-0.1, -0.05) is 6.08 Å². The zero-order chi connectivity index (χ0) is 14.0. The SMILES string of the molecule is C=CCN(C1CC1)S(=O)(=O)c1ccc(C(=O)O)cc1. The molecule has 1 fully saturated rings. The van der Waals surface area contributed by atoms with Crippen LogP contribution in [0.5, 0.6) is 0 Å². The number of carboxylic acid groups (broad SMARTS) is 1. The van der Waals surface area contributed by atoms with Crippen LogP contribution >= 0.6 is 0 Å². The third-order valence-corrected chi connectivity index (χ3v) is 4.90. The smallest absolute Gasteiger partial charge is 0.335 e. The van der Waals surface area contributed by atoms with Gasteiger partial charge in [-0.3, -0.25) is 0 Å². The number of hydrogen-bond donors (Lipinski definition) is 1. The minimum atomic E-state index is -3.57. The summed E-state index contributed by atoms with van der Waals surface area (Å²) in [4.78, 5) is 10.9. The lowest BCUT2D eigenvalue weighted by Gasteiger charge is -2.20. The Hall–Kier alpha value is -1.66. The number of rotatable bonds is 6. The molecule has 1 aromatic rings. The zero-order valence-electron chi connectivity index (χ0n) is 10.3. The molecule has 1 aliphatic rings. The van der Waals surface area contributed by atoms with E-state index in [0.29, 0.717) is 0 Å². The highest BCUT2D eigenvalue weighted by atomic mass is 32.2. The van der Waals surface area contributed by atoms with Gasteiger partial charge < -0.3 is 5.11 Å². The third-order valence-electron chi connectivity index (χ3n) is 2.97. The summed E-state index contributed by atoms with van der Waals surface area (Å²) in [6, 6.07) is 5.30.